The molecule has 0 radical (unpaired) electrons. The molecular weight excluding hydrogens is 297 g/mol. The minimum absolute atomic E-state index is 0.0546. The summed E-state index contributed by atoms with van der Waals surface area (Å²) in [7, 11) is 0. The van der Waals surface area contributed by atoms with Crippen LogP contribution in [0.15, 0.2) is 12.1 Å². The number of benzene rings is 1. The van der Waals surface area contributed by atoms with Crippen LogP contribution in [0.5, 0.6) is 5.75 Å². The lowest BCUT2D eigenvalue weighted by molar-refractivity contribution is 0.0223. The van der Waals surface area contributed by atoms with Gasteiger partial charge in [-0.25, -0.2) is 9.18 Å². The van der Waals surface area contributed by atoms with Gasteiger partial charge in [0.05, 0.1) is 11.1 Å². The molecule has 6 heteroatoms. The van der Waals surface area contributed by atoms with Gasteiger partial charge in [0.15, 0.2) is 0 Å². The average molecular weight is 316 g/mol. The van der Waals surface area contributed by atoms with Gasteiger partial charge >= 0.3 is 6.09 Å². The highest BCUT2D eigenvalue weighted by molar-refractivity contribution is 6.32. The Labute approximate surface area is 128 Å². The highest BCUT2D eigenvalue weighted by Gasteiger charge is 2.35. The largest absolute Gasteiger partial charge is 0.506 e. The van der Waals surface area contributed by atoms with Crippen molar-refractivity contribution in [2.45, 2.75) is 45.3 Å². The fraction of sp³-hybridized carbons (Fsp3) is 0.533. The van der Waals surface area contributed by atoms with Crippen molar-refractivity contribution in [2.75, 3.05) is 6.54 Å². The lowest BCUT2D eigenvalue weighted by Crippen LogP contribution is -2.36. The Morgan fingerprint density at radius 1 is 1.48 bits per heavy atom. The molecule has 4 nitrogen and oxygen atoms in total. The summed E-state index contributed by atoms with van der Waals surface area (Å²) in [6.07, 6.45) is 0.925. The van der Waals surface area contributed by atoms with E-state index in [9.17, 15) is 14.3 Å². The minimum atomic E-state index is -0.605. The third-order valence-corrected chi connectivity index (χ3v) is 3.59. The number of aromatic hydroxyl groups is 1. The van der Waals surface area contributed by atoms with E-state index in [4.69, 9.17) is 16.3 Å². The maximum atomic E-state index is 13.5. The normalized spacial score (nSPS) is 18.9. The second-order valence-corrected chi connectivity index (χ2v) is 6.56. The van der Waals surface area contributed by atoms with E-state index >= 15 is 0 Å². The first-order valence-electron chi connectivity index (χ1n) is 6.86. The van der Waals surface area contributed by atoms with Gasteiger partial charge in [-0.05, 0) is 45.7 Å². The number of phenolic OH excluding ortho intramolecular Hbond substituents is 1. The van der Waals surface area contributed by atoms with Gasteiger partial charge in [0, 0.05) is 12.1 Å². The molecule has 0 aliphatic carbocycles. The van der Waals surface area contributed by atoms with Gasteiger partial charge < -0.3 is 14.7 Å². The fourth-order valence-electron chi connectivity index (χ4n) is 2.47. The van der Waals surface area contributed by atoms with Crippen molar-refractivity contribution in [1.29, 1.82) is 0 Å². The average Bonchev–Trinajstić information content (AvgIpc) is 2.80. The van der Waals surface area contributed by atoms with Crippen LogP contribution in [0.1, 0.15) is 45.2 Å². The highest BCUT2D eigenvalue weighted by Crippen LogP contribution is 2.40. The molecule has 0 saturated carbocycles. The van der Waals surface area contributed by atoms with Crippen LogP contribution >= 0.6 is 11.6 Å². The SMILES string of the molecule is CC(C)(C)OC(=O)N1CCCC1c1cc(F)cc(Cl)c1O. The van der Waals surface area contributed by atoms with E-state index < -0.39 is 23.6 Å². The Kier molecular flexibility index (Phi) is 4.33. The van der Waals surface area contributed by atoms with Gasteiger partial charge in [-0.2, -0.15) is 0 Å². The van der Waals surface area contributed by atoms with E-state index in [2.05, 4.69) is 0 Å². The number of hydrogen-bond acceptors (Lipinski definition) is 3. The monoisotopic (exact) mass is 315 g/mol. The third kappa shape index (κ3) is 3.59. The summed E-state index contributed by atoms with van der Waals surface area (Å²) in [5.41, 5.74) is -0.283. The summed E-state index contributed by atoms with van der Waals surface area (Å²) >= 11 is 5.81. The molecule has 1 heterocycles. The number of carbonyl (C=O) groups is 1. The summed E-state index contributed by atoms with van der Waals surface area (Å²) in [6, 6.07) is 1.84. The van der Waals surface area contributed by atoms with E-state index in [1.54, 1.807) is 20.8 Å². The number of ether oxygens (including phenoxy) is 1. The van der Waals surface area contributed by atoms with Crippen molar-refractivity contribution in [2.24, 2.45) is 0 Å². The van der Waals surface area contributed by atoms with Crippen LogP contribution in [0, 0.1) is 5.82 Å². The standard InChI is InChI=1S/C15H19ClFNO3/c1-15(2,3)21-14(20)18-6-4-5-12(18)10-7-9(17)8-11(16)13(10)19/h7-8,12,19H,4-6H2,1-3H3. The minimum Gasteiger partial charge on any atom is -0.506 e. The molecule has 1 aliphatic heterocycles. The Hall–Kier alpha value is -1.49. The van der Waals surface area contributed by atoms with E-state index in [1.165, 1.54) is 11.0 Å². The van der Waals surface area contributed by atoms with Crippen LogP contribution in [0.25, 0.3) is 0 Å². The maximum Gasteiger partial charge on any atom is 0.410 e. The predicted molar refractivity (Wildman–Crippen MR) is 78.0 cm³/mol. The first kappa shape index (κ1) is 15.9. The molecule has 21 heavy (non-hydrogen) atoms. The Morgan fingerprint density at radius 3 is 2.76 bits per heavy atom. The molecule has 1 aliphatic rings. The summed E-state index contributed by atoms with van der Waals surface area (Å²) in [5.74, 6) is -0.720. The lowest BCUT2D eigenvalue weighted by atomic mass is 10.0. The van der Waals surface area contributed by atoms with Crippen LogP contribution in [0.3, 0.4) is 0 Å². The van der Waals surface area contributed by atoms with Crippen molar-refractivity contribution in [3.05, 3.63) is 28.5 Å². The predicted octanol–water partition coefficient (Wildman–Crippen LogP) is 4.26. The summed E-state index contributed by atoms with van der Waals surface area (Å²) in [6.45, 7) is 5.86. The molecule has 1 amide bonds. The molecule has 1 unspecified atom stereocenters. The number of halogens is 2. The summed E-state index contributed by atoms with van der Waals surface area (Å²) < 4.78 is 18.9. The zero-order chi connectivity index (χ0) is 15.8. The van der Waals surface area contributed by atoms with Crippen molar-refractivity contribution in [3.8, 4) is 5.75 Å². The number of nitrogens with zero attached hydrogens (tertiary/aromatic N) is 1. The number of hydrogen-bond donors (Lipinski definition) is 1. The van der Waals surface area contributed by atoms with Gasteiger partial charge in [0.2, 0.25) is 0 Å². The van der Waals surface area contributed by atoms with Gasteiger partial charge in [-0.1, -0.05) is 11.6 Å². The molecular formula is C15H19ClFNO3. The molecule has 1 aromatic carbocycles. The van der Waals surface area contributed by atoms with Gasteiger partial charge in [-0.3, -0.25) is 0 Å². The highest BCUT2D eigenvalue weighted by atomic mass is 35.5. The van der Waals surface area contributed by atoms with Crippen LogP contribution in [-0.4, -0.2) is 28.2 Å². The maximum absolute atomic E-state index is 13.5. The fourth-order valence-corrected chi connectivity index (χ4v) is 2.68. The zero-order valence-electron chi connectivity index (χ0n) is 12.3. The van der Waals surface area contributed by atoms with Crippen molar-refractivity contribution >= 4 is 17.7 Å². The van der Waals surface area contributed by atoms with E-state index in [0.717, 1.165) is 12.5 Å². The zero-order valence-corrected chi connectivity index (χ0v) is 13.1. The molecule has 1 aromatic rings. The first-order chi connectivity index (χ1) is 9.69. The second kappa shape index (κ2) is 5.72. The number of likely N-dealkylation sites (tertiary alicyclic amines) is 1. The smallest absolute Gasteiger partial charge is 0.410 e. The number of amides is 1. The van der Waals surface area contributed by atoms with Crippen molar-refractivity contribution in [1.82, 2.24) is 4.90 Å². The quantitative estimate of drug-likeness (QED) is 0.842. The van der Waals surface area contributed by atoms with Crippen LogP contribution in [0.2, 0.25) is 5.02 Å². The third-order valence-electron chi connectivity index (χ3n) is 3.30. The number of phenols is 1. The Balaban J connectivity index is 2.29. The summed E-state index contributed by atoms with van der Waals surface area (Å²) in [4.78, 5) is 13.7. The molecule has 0 bridgehead atoms. The first-order valence-corrected chi connectivity index (χ1v) is 7.24. The van der Waals surface area contributed by atoms with E-state index in [-0.39, 0.29) is 10.8 Å². The molecule has 1 saturated heterocycles. The van der Waals surface area contributed by atoms with Crippen LogP contribution < -0.4 is 0 Å². The summed E-state index contributed by atoms with van der Waals surface area (Å²) in [5, 5.41) is 9.98. The van der Waals surface area contributed by atoms with Crippen molar-refractivity contribution < 1.29 is 19.0 Å². The Morgan fingerprint density at radius 2 is 2.14 bits per heavy atom. The van der Waals surface area contributed by atoms with E-state index in [1.807, 2.05) is 0 Å². The number of rotatable bonds is 1. The van der Waals surface area contributed by atoms with Crippen LogP contribution in [-0.2, 0) is 4.74 Å². The topological polar surface area (TPSA) is 49.8 Å². The molecule has 2 rings (SSSR count). The molecule has 116 valence electrons. The van der Waals surface area contributed by atoms with Gasteiger partial charge in [0.25, 0.3) is 0 Å². The Bertz CT molecular complexity index is 557. The van der Waals surface area contributed by atoms with Gasteiger partial charge in [0.1, 0.15) is 17.2 Å². The molecule has 0 aromatic heterocycles. The molecule has 1 N–H and O–H groups in total. The van der Waals surface area contributed by atoms with Crippen LogP contribution in [0.4, 0.5) is 9.18 Å². The van der Waals surface area contributed by atoms with Crippen molar-refractivity contribution in [3.63, 3.8) is 0 Å². The molecule has 1 atom stereocenters. The lowest BCUT2D eigenvalue weighted by Gasteiger charge is -2.29. The molecule has 0 spiro atoms. The van der Waals surface area contributed by atoms with Gasteiger partial charge in [-0.15, -0.1) is 0 Å². The second-order valence-electron chi connectivity index (χ2n) is 6.16. The van der Waals surface area contributed by atoms with E-state index in [0.29, 0.717) is 18.5 Å². The number of carbonyl (C=O) groups excluding carboxylic acids is 1. The molecule has 1 fully saturated rings.